The van der Waals surface area contributed by atoms with Crippen LogP contribution in [0.3, 0.4) is 0 Å². The summed E-state index contributed by atoms with van der Waals surface area (Å²) in [4.78, 5) is 2.40. The first-order valence-corrected chi connectivity index (χ1v) is 18.5. The van der Waals surface area contributed by atoms with Crippen LogP contribution < -0.4 is 4.90 Å². The van der Waals surface area contributed by atoms with E-state index in [1.54, 1.807) is 0 Å². The first-order valence-electron chi connectivity index (χ1n) is 18.5. The van der Waals surface area contributed by atoms with E-state index >= 15 is 0 Å². The van der Waals surface area contributed by atoms with Crippen molar-refractivity contribution in [3.63, 3.8) is 0 Å². The first kappa shape index (κ1) is 31.6. The molecule has 0 N–H and O–H groups in total. The molecule has 0 saturated heterocycles. The molecule has 0 saturated carbocycles. The van der Waals surface area contributed by atoms with Crippen molar-refractivity contribution >= 4 is 49.6 Å². The Labute approximate surface area is 315 Å². The summed E-state index contributed by atoms with van der Waals surface area (Å²) in [5.41, 5.74) is 14.1. The second-order valence-electron chi connectivity index (χ2n) is 13.7. The summed E-state index contributed by atoms with van der Waals surface area (Å²) in [6, 6.07) is 78.8. The summed E-state index contributed by atoms with van der Waals surface area (Å²) in [6.07, 6.45) is 0. The zero-order valence-corrected chi connectivity index (χ0v) is 29.7. The van der Waals surface area contributed by atoms with Gasteiger partial charge in [0.1, 0.15) is 0 Å². The molecule has 0 fully saturated rings. The molecule has 2 heteroatoms. The summed E-state index contributed by atoms with van der Waals surface area (Å²) in [6.45, 7) is 0. The Kier molecular flexibility index (Phi) is 7.85. The fourth-order valence-electron chi connectivity index (χ4n) is 8.12. The van der Waals surface area contributed by atoms with Crippen molar-refractivity contribution in [2.24, 2.45) is 0 Å². The maximum absolute atomic E-state index is 2.42. The van der Waals surface area contributed by atoms with Crippen LogP contribution in [-0.4, -0.2) is 4.57 Å². The number of aromatic nitrogens is 1. The first-order chi connectivity index (χ1) is 26.8. The summed E-state index contributed by atoms with van der Waals surface area (Å²) in [5.74, 6) is 0. The molecular weight excluding hydrogens is 653 g/mol. The molecule has 1 heterocycles. The van der Waals surface area contributed by atoms with Crippen LogP contribution in [0.2, 0.25) is 0 Å². The average molecular weight is 689 g/mol. The van der Waals surface area contributed by atoms with E-state index in [9.17, 15) is 0 Å². The smallest absolute Gasteiger partial charge is 0.0561 e. The van der Waals surface area contributed by atoms with E-state index in [0.717, 1.165) is 28.3 Å². The van der Waals surface area contributed by atoms with Crippen molar-refractivity contribution in [1.82, 2.24) is 4.57 Å². The van der Waals surface area contributed by atoms with Gasteiger partial charge in [-0.1, -0.05) is 170 Å². The highest BCUT2D eigenvalue weighted by atomic mass is 15.1. The van der Waals surface area contributed by atoms with Gasteiger partial charge in [0.05, 0.1) is 16.7 Å². The Morgan fingerprint density at radius 1 is 0.296 bits per heavy atom. The minimum absolute atomic E-state index is 1.10. The van der Waals surface area contributed by atoms with Gasteiger partial charge >= 0.3 is 0 Å². The van der Waals surface area contributed by atoms with Gasteiger partial charge in [0.2, 0.25) is 0 Å². The molecule has 254 valence electrons. The van der Waals surface area contributed by atoms with Gasteiger partial charge in [0, 0.05) is 33.2 Å². The second-order valence-corrected chi connectivity index (χ2v) is 13.7. The molecule has 2 nitrogen and oxygen atoms in total. The van der Waals surface area contributed by atoms with E-state index in [-0.39, 0.29) is 0 Å². The zero-order chi connectivity index (χ0) is 35.8. The topological polar surface area (TPSA) is 8.17 Å². The van der Waals surface area contributed by atoms with Gasteiger partial charge in [-0.15, -0.1) is 0 Å². The maximum atomic E-state index is 2.42. The second kappa shape index (κ2) is 13.4. The zero-order valence-electron chi connectivity index (χ0n) is 29.7. The Hall–Kier alpha value is -7.16. The van der Waals surface area contributed by atoms with Crippen molar-refractivity contribution in [3.8, 4) is 39.1 Å². The van der Waals surface area contributed by atoms with E-state index in [0.29, 0.717) is 0 Å². The quantitative estimate of drug-likeness (QED) is 0.162. The third-order valence-corrected chi connectivity index (χ3v) is 10.6. The van der Waals surface area contributed by atoms with E-state index in [1.165, 1.54) is 60.4 Å². The van der Waals surface area contributed by atoms with Crippen LogP contribution in [0.1, 0.15) is 0 Å². The molecule has 0 radical (unpaired) electrons. The normalized spacial score (nSPS) is 11.3. The Balaban J connectivity index is 1.15. The molecular formula is C52H36N2. The van der Waals surface area contributed by atoms with Gasteiger partial charge in [-0.3, -0.25) is 0 Å². The van der Waals surface area contributed by atoms with Crippen molar-refractivity contribution in [2.45, 2.75) is 0 Å². The van der Waals surface area contributed by atoms with Crippen molar-refractivity contribution in [1.29, 1.82) is 0 Å². The SMILES string of the molecule is c1ccc(-c2ccccc2-c2ccc(-n3c4ccccc4c4ccc(N(c5ccccc5)c5ccc(-c6ccccc6)c6ccccc56)cc43)cc2)cc1. The van der Waals surface area contributed by atoms with Crippen molar-refractivity contribution in [2.75, 3.05) is 4.90 Å². The number of benzene rings is 9. The minimum atomic E-state index is 1.10. The lowest BCUT2D eigenvalue weighted by Crippen LogP contribution is -2.10. The summed E-state index contributed by atoms with van der Waals surface area (Å²) < 4.78 is 2.42. The van der Waals surface area contributed by atoms with E-state index in [1.807, 2.05) is 0 Å². The lowest BCUT2D eigenvalue weighted by molar-refractivity contribution is 1.18. The van der Waals surface area contributed by atoms with Gasteiger partial charge in [-0.2, -0.15) is 0 Å². The highest BCUT2D eigenvalue weighted by Gasteiger charge is 2.20. The Bertz CT molecular complexity index is 2910. The summed E-state index contributed by atoms with van der Waals surface area (Å²) in [5, 5.41) is 4.90. The molecule has 54 heavy (non-hydrogen) atoms. The lowest BCUT2D eigenvalue weighted by atomic mass is 9.94. The van der Waals surface area contributed by atoms with Gasteiger partial charge in [-0.25, -0.2) is 0 Å². The van der Waals surface area contributed by atoms with Gasteiger partial charge in [0.15, 0.2) is 0 Å². The Morgan fingerprint density at radius 2 is 0.815 bits per heavy atom. The minimum Gasteiger partial charge on any atom is -0.310 e. The molecule has 9 aromatic carbocycles. The van der Waals surface area contributed by atoms with Crippen LogP contribution >= 0.6 is 0 Å². The highest BCUT2D eigenvalue weighted by molar-refractivity contribution is 6.11. The average Bonchev–Trinajstić information content (AvgIpc) is 3.58. The summed E-state index contributed by atoms with van der Waals surface area (Å²) in [7, 11) is 0. The van der Waals surface area contributed by atoms with E-state index in [2.05, 4.69) is 228 Å². The molecule has 0 atom stereocenters. The molecule has 0 aliphatic carbocycles. The van der Waals surface area contributed by atoms with Crippen LogP contribution in [0.4, 0.5) is 17.1 Å². The Morgan fingerprint density at radius 3 is 1.50 bits per heavy atom. The highest BCUT2D eigenvalue weighted by Crippen LogP contribution is 2.44. The third kappa shape index (κ3) is 5.44. The molecule has 1 aromatic heterocycles. The van der Waals surface area contributed by atoms with Crippen LogP contribution in [0.15, 0.2) is 218 Å². The monoisotopic (exact) mass is 688 g/mol. The fourth-order valence-corrected chi connectivity index (χ4v) is 8.12. The van der Waals surface area contributed by atoms with Gasteiger partial charge in [-0.05, 0) is 87.3 Å². The van der Waals surface area contributed by atoms with Crippen molar-refractivity contribution < 1.29 is 0 Å². The van der Waals surface area contributed by atoms with Crippen LogP contribution in [0.25, 0.3) is 71.6 Å². The number of nitrogens with zero attached hydrogens (tertiary/aromatic N) is 2. The van der Waals surface area contributed by atoms with Crippen molar-refractivity contribution in [3.05, 3.63) is 218 Å². The molecule has 10 rings (SSSR count). The fraction of sp³-hybridized carbons (Fsp3) is 0. The lowest BCUT2D eigenvalue weighted by Gasteiger charge is -2.27. The van der Waals surface area contributed by atoms with E-state index < -0.39 is 0 Å². The number of anilines is 3. The number of rotatable bonds is 7. The summed E-state index contributed by atoms with van der Waals surface area (Å²) >= 11 is 0. The third-order valence-electron chi connectivity index (χ3n) is 10.6. The predicted octanol–water partition coefficient (Wildman–Crippen LogP) is 14.4. The van der Waals surface area contributed by atoms with Crippen LogP contribution in [0, 0.1) is 0 Å². The predicted molar refractivity (Wildman–Crippen MR) is 229 cm³/mol. The molecule has 0 spiro atoms. The van der Waals surface area contributed by atoms with Gasteiger partial charge in [0.25, 0.3) is 0 Å². The number of fused-ring (bicyclic) bond motifs is 4. The molecule has 0 amide bonds. The number of hydrogen-bond acceptors (Lipinski definition) is 1. The standard InChI is InChI=1S/C52H36N2/c1-4-16-37(17-5-1)43-22-10-11-23-44(43)39-28-30-41(31-29-39)54-50-27-15-14-26-48(50)49-33-32-42(36-52(49)54)53(40-20-8-3-9-21-40)51-35-34-45(38-18-6-2-7-19-38)46-24-12-13-25-47(46)51/h1-36H. The molecule has 0 unspecified atom stereocenters. The number of hydrogen-bond donors (Lipinski definition) is 0. The molecule has 0 bridgehead atoms. The van der Waals surface area contributed by atoms with Crippen LogP contribution in [-0.2, 0) is 0 Å². The molecule has 0 aliphatic rings. The van der Waals surface area contributed by atoms with Gasteiger partial charge < -0.3 is 9.47 Å². The molecule has 10 aromatic rings. The van der Waals surface area contributed by atoms with Crippen LogP contribution in [0.5, 0.6) is 0 Å². The van der Waals surface area contributed by atoms with E-state index in [4.69, 9.17) is 0 Å². The maximum Gasteiger partial charge on any atom is 0.0561 e. The molecule has 0 aliphatic heterocycles. The number of para-hydroxylation sites is 2. The largest absolute Gasteiger partial charge is 0.310 e.